The van der Waals surface area contributed by atoms with Gasteiger partial charge in [-0.25, -0.2) is 0 Å². The van der Waals surface area contributed by atoms with Crippen LogP contribution in [0.5, 0.6) is 5.75 Å². The van der Waals surface area contributed by atoms with Crippen LogP contribution in [0.3, 0.4) is 0 Å². The first-order valence-electron chi connectivity index (χ1n) is 8.42. The zero-order valence-corrected chi connectivity index (χ0v) is 15.3. The quantitative estimate of drug-likeness (QED) is 0.724. The summed E-state index contributed by atoms with van der Waals surface area (Å²) in [5, 5.41) is 9.09. The average Bonchev–Trinajstić information content (AvgIpc) is 2.99. The average molecular weight is 363 g/mol. The van der Waals surface area contributed by atoms with Gasteiger partial charge in [0.1, 0.15) is 12.3 Å². The van der Waals surface area contributed by atoms with E-state index >= 15 is 0 Å². The summed E-state index contributed by atoms with van der Waals surface area (Å²) in [6, 6.07) is 7.13. The van der Waals surface area contributed by atoms with Crippen molar-refractivity contribution in [1.29, 1.82) is 0 Å². The molecule has 1 N–H and O–H groups in total. The molecule has 1 aliphatic heterocycles. The molecule has 142 valence electrons. The van der Waals surface area contributed by atoms with Crippen LogP contribution in [0.15, 0.2) is 24.3 Å². The number of para-hydroxylation sites is 2. The third-order valence-electron chi connectivity index (χ3n) is 4.31. The van der Waals surface area contributed by atoms with Gasteiger partial charge in [-0.2, -0.15) is 0 Å². The number of likely N-dealkylation sites (N-methyl/N-ethyl adjacent to an activating group) is 1. The predicted molar refractivity (Wildman–Crippen MR) is 96.2 cm³/mol. The lowest BCUT2D eigenvalue weighted by atomic mass is 10.1. The fourth-order valence-electron chi connectivity index (χ4n) is 2.97. The summed E-state index contributed by atoms with van der Waals surface area (Å²) < 4.78 is 5.29. The van der Waals surface area contributed by atoms with Gasteiger partial charge in [0.05, 0.1) is 18.7 Å². The fourth-order valence-corrected chi connectivity index (χ4v) is 2.97. The van der Waals surface area contributed by atoms with Gasteiger partial charge in [0.25, 0.3) is 0 Å². The van der Waals surface area contributed by atoms with Gasteiger partial charge in [-0.15, -0.1) is 0 Å². The highest BCUT2D eigenvalue weighted by Crippen LogP contribution is 2.33. The number of rotatable bonds is 8. The van der Waals surface area contributed by atoms with Crippen LogP contribution in [0, 0.1) is 5.92 Å². The van der Waals surface area contributed by atoms with Crippen molar-refractivity contribution in [2.75, 3.05) is 52.3 Å². The number of carboxylic acid groups (broad SMARTS) is 1. The molecule has 0 spiro atoms. The molecule has 0 saturated carbocycles. The first kappa shape index (κ1) is 19.7. The van der Waals surface area contributed by atoms with Crippen molar-refractivity contribution >= 4 is 23.5 Å². The summed E-state index contributed by atoms with van der Waals surface area (Å²) in [6.45, 7) is 0.704. The highest BCUT2D eigenvalue weighted by atomic mass is 16.5. The Kier molecular flexibility index (Phi) is 6.57. The van der Waals surface area contributed by atoms with Crippen molar-refractivity contribution in [3.63, 3.8) is 0 Å². The van der Waals surface area contributed by atoms with Gasteiger partial charge < -0.3 is 24.5 Å². The van der Waals surface area contributed by atoms with E-state index in [9.17, 15) is 14.4 Å². The topological polar surface area (TPSA) is 90.4 Å². The summed E-state index contributed by atoms with van der Waals surface area (Å²) in [6.07, 6.45) is 0.0644. The minimum atomic E-state index is -1.07. The Morgan fingerprint density at radius 3 is 2.58 bits per heavy atom. The van der Waals surface area contributed by atoms with Crippen LogP contribution in [0.25, 0.3) is 0 Å². The molecule has 2 rings (SSSR count). The number of hydrogen-bond donors (Lipinski definition) is 1. The second-order valence-corrected chi connectivity index (χ2v) is 6.53. The Morgan fingerprint density at radius 2 is 1.96 bits per heavy atom. The van der Waals surface area contributed by atoms with Gasteiger partial charge in [-0.3, -0.25) is 14.4 Å². The smallest absolute Gasteiger partial charge is 0.323 e. The van der Waals surface area contributed by atoms with E-state index in [1.54, 1.807) is 24.3 Å². The molecular weight excluding hydrogens is 338 g/mol. The minimum Gasteiger partial charge on any atom is -0.495 e. The van der Waals surface area contributed by atoms with Gasteiger partial charge >= 0.3 is 5.97 Å². The number of aliphatic carboxylic acids is 1. The van der Waals surface area contributed by atoms with E-state index < -0.39 is 11.9 Å². The number of benzene rings is 1. The molecule has 1 heterocycles. The first-order chi connectivity index (χ1) is 12.3. The van der Waals surface area contributed by atoms with Crippen LogP contribution in [0.1, 0.15) is 6.42 Å². The molecular formula is C18H25N3O5. The standard InChI is InChI=1S/C18H25N3O5/c1-19(2)8-9-20(12-17(23)24)18(25)13-10-16(22)21(11-13)14-6-4-5-7-15(14)26-3/h4-7,13H,8-12H2,1-3H3,(H,23,24). The maximum atomic E-state index is 12.8. The largest absolute Gasteiger partial charge is 0.495 e. The van der Waals surface area contributed by atoms with Gasteiger partial charge in [0.2, 0.25) is 11.8 Å². The molecule has 0 radical (unpaired) electrons. The van der Waals surface area contributed by atoms with Crippen LogP contribution in [0.4, 0.5) is 5.69 Å². The van der Waals surface area contributed by atoms with E-state index in [1.807, 2.05) is 19.0 Å². The first-order valence-corrected chi connectivity index (χ1v) is 8.42. The number of nitrogens with zero attached hydrogens (tertiary/aromatic N) is 3. The van der Waals surface area contributed by atoms with Crippen molar-refractivity contribution in [2.24, 2.45) is 5.92 Å². The summed E-state index contributed by atoms with van der Waals surface area (Å²) >= 11 is 0. The van der Waals surface area contributed by atoms with E-state index in [0.717, 1.165) is 0 Å². The number of methoxy groups -OCH3 is 1. The zero-order chi connectivity index (χ0) is 19.3. The lowest BCUT2D eigenvalue weighted by Crippen LogP contribution is -2.43. The molecule has 1 atom stereocenters. The third-order valence-corrected chi connectivity index (χ3v) is 4.31. The van der Waals surface area contributed by atoms with E-state index in [2.05, 4.69) is 0 Å². The van der Waals surface area contributed by atoms with Crippen molar-refractivity contribution in [1.82, 2.24) is 9.80 Å². The van der Waals surface area contributed by atoms with E-state index in [0.29, 0.717) is 24.5 Å². The van der Waals surface area contributed by atoms with Gasteiger partial charge in [-0.1, -0.05) is 12.1 Å². The second kappa shape index (κ2) is 8.66. The minimum absolute atomic E-state index is 0.0644. The summed E-state index contributed by atoms with van der Waals surface area (Å²) in [4.78, 5) is 41.1. The Morgan fingerprint density at radius 1 is 1.27 bits per heavy atom. The third kappa shape index (κ3) is 4.72. The number of carbonyl (C=O) groups is 3. The number of hydrogen-bond acceptors (Lipinski definition) is 5. The van der Waals surface area contributed by atoms with Gasteiger partial charge in [-0.05, 0) is 26.2 Å². The second-order valence-electron chi connectivity index (χ2n) is 6.53. The molecule has 0 aliphatic carbocycles. The molecule has 1 saturated heterocycles. The molecule has 1 fully saturated rings. The van der Waals surface area contributed by atoms with Crippen LogP contribution < -0.4 is 9.64 Å². The fraction of sp³-hybridized carbons (Fsp3) is 0.500. The lowest BCUT2D eigenvalue weighted by Gasteiger charge is -2.25. The summed E-state index contributed by atoms with van der Waals surface area (Å²) in [5.74, 6) is -1.54. The van der Waals surface area contributed by atoms with Crippen molar-refractivity contribution in [2.45, 2.75) is 6.42 Å². The Hall–Kier alpha value is -2.61. The maximum Gasteiger partial charge on any atom is 0.323 e. The number of carboxylic acids is 1. The van der Waals surface area contributed by atoms with Crippen LogP contribution >= 0.6 is 0 Å². The van der Waals surface area contributed by atoms with E-state index in [4.69, 9.17) is 9.84 Å². The van der Waals surface area contributed by atoms with E-state index in [1.165, 1.54) is 16.9 Å². The molecule has 0 bridgehead atoms. The summed E-state index contributed by atoms with van der Waals surface area (Å²) in [7, 11) is 5.23. The van der Waals surface area contributed by atoms with Gasteiger partial charge in [0, 0.05) is 26.1 Å². The molecule has 0 aromatic heterocycles. The highest BCUT2D eigenvalue weighted by molar-refractivity contribution is 6.01. The Bertz CT molecular complexity index is 677. The molecule has 1 unspecified atom stereocenters. The van der Waals surface area contributed by atoms with Crippen LogP contribution in [-0.2, 0) is 14.4 Å². The van der Waals surface area contributed by atoms with Crippen molar-refractivity contribution in [3.8, 4) is 5.75 Å². The number of anilines is 1. The molecule has 8 heteroatoms. The Balaban J connectivity index is 2.14. The lowest BCUT2D eigenvalue weighted by molar-refractivity contribution is -0.146. The summed E-state index contributed by atoms with van der Waals surface area (Å²) in [5.41, 5.74) is 0.619. The monoisotopic (exact) mass is 363 g/mol. The van der Waals surface area contributed by atoms with Gasteiger partial charge in [0.15, 0.2) is 0 Å². The molecule has 2 amide bonds. The SMILES string of the molecule is COc1ccccc1N1CC(C(=O)N(CCN(C)C)CC(=O)O)CC1=O. The Labute approximate surface area is 152 Å². The van der Waals surface area contributed by atoms with Crippen molar-refractivity contribution in [3.05, 3.63) is 24.3 Å². The molecule has 26 heavy (non-hydrogen) atoms. The molecule has 8 nitrogen and oxygen atoms in total. The number of amides is 2. The zero-order valence-electron chi connectivity index (χ0n) is 15.3. The van der Waals surface area contributed by atoms with Crippen molar-refractivity contribution < 1.29 is 24.2 Å². The number of carbonyl (C=O) groups excluding carboxylic acids is 2. The normalized spacial score (nSPS) is 16.8. The predicted octanol–water partition coefficient (Wildman–Crippen LogP) is 0.523. The molecule has 1 aromatic rings. The highest BCUT2D eigenvalue weighted by Gasteiger charge is 2.38. The van der Waals surface area contributed by atoms with E-state index in [-0.39, 0.29) is 31.3 Å². The van der Waals surface area contributed by atoms with Crippen LogP contribution in [-0.4, -0.2) is 80.1 Å². The number of ether oxygens (including phenoxy) is 1. The molecule has 1 aliphatic rings. The molecule has 1 aromatic carbocycles. The maximum absolute atomic E-state index is 12.8. The van der Waals surface area contributed by atoms with Crippen LogP contribution in [0.2, 0.25) is 0 Å².